The van der Waals surface area contributed by atoms with Gasteiger partial charge in [-0.05, 0) is 42.0 Å². The van der Waals surface area contributed by atoms with Gasteiger partial charge in [-0.25, -0.2) is 0 Å². The van der Waals surface area contributed by atoms with Gasteiger partial charge in [-0.1, -0.05) is 72.0 Å². The number of carbonyl (C=O) groups excluding carboxylic acids is 1. The number of hydrogen-bond acceptors (Lipinski definition) is 6. The summed E-state index contributed by atoms with van der Waals surface area (Å²) in [5, 5.41) is 5.02. The van der Waals surface area contributed by atoms with Crippen molar-refractivity contribution in [2.45, 2.75) is 6.54 Å². The number of hydrogen-bond donors (Lipinski definition) is 0. The highest BCUT2D eigenvalue weighted by Crippen LogP contribution is 2.37. The van der Waals surface area contributed by atoms with E-state index in [1.54, 1.807) is 17.0 Å². The Bertz CT molecular complexity index is 1790. The van der Waals surface area contributed by atoms with Crippen molar-refractivity contribution in [2.75, 3.05) is 11.5 Å². The quantitative estimate of drug-likeness (QED) is 0.304. The van der Waals surface area contributed by atoms with Gasteiger partial charge in [0.1, 0.15) is 16.9 Å². The van der Waals surface area contributed by atoms with Gasteiger partial charge in [0.15, 0.2) is 5.82 Å². The molecule has 0 atom stereocenters. The number of benzene rings is 3. The summed E-state index contributed by atoms with van der Waals surface area (Å²) in [7, 11) is 0. The van der Waals surface area contributed by atoms with Crippen molar-refractivity contribution in [3.8, 4) is 17.1 Å². The first-order valence-electron chi connectivity index (χ1n) is 11.5. The largest absolute Gasteiger partial charge is 0.490 e. The second kappa shape index (κ2) is 9.31. The van der Waals surface area contributed by atoms with Crippen LogP contribution < -0.4 is 19.7 Å². The SMILES string of the molecule is C=CCOc1ccc(-c2nc3sc(=C4C(=O)N(Cc5ccccc5Cl)c5ccccc54)c(=O)n3n2)cc1. The summed E-state index contributed by atoms with van der Waals surface area (Å²) >= 11 is 7.53. The van der Waals surface area contributed by atoms with E-state index < -0.39 is 0 Å². The van der Waals surface area contributed by atoms with E-state index in [4.69, 9.17) is 16.3 Å². The Kier molecular flexibility index (Phi) is 5.82. The molecule has 0 spiro atoms. The lowest BCUT2D eigenvalue weighted by molar-refractivity contribution is -0.113. The smallest absolute Gasteiger partial charge is 0.291 e. The molecule has 1 aliphatic rings. The van der Waals surface area contributed by atoms with Crippen LogP contribution in [0, 0.1) is 0 Å². The number of rotatable bonds is 6. The third-order valence-corrected chi connectivity index (χ3v) is 7.47. The molecule has 2 aromatic heterocycles. The van der Waals surface area contributed by atoms with Crippen LogP contribution in [0.15, 0.2) is 90.2 Å². The van der Waals surface area contributed by atoms with Crippen molar-refractivity contribution in [2.24, 2.45) is 0 Å². The summed E-state index contributed by atoms with van der Waals surface area (Å²) in [6.45, 7) is 4.35. The summed E-state index contributed by atoms with van der Waals surface area (Å²) in [4.78, 5) is 33.7. The van der Waals surface area contributed by atoms with Gasteiger partial charge < -0.3 is 9.64 Å². The number of carbonyl (C=O) groups is 1. The third-order valence-electron chi connectivity index (χ3n) is 6.07. The first kappa shape index (κ1) is 23.1. The minimum absolute atomic E-state index is 0.252. The third kappa shape index (κ3) is 4.00. The van der Waals surface area contributed by atoms with E-state index in [1.807, 2.05) is 66.7 Å². The maximum atomic E-state index is 13.7. The fourth-order valence-electron chi connectivity index (χ4n) is 4.32. The second-order valence-electron chi connectivity index (χ2n) is 8.37. The number of fused-ring (bicyclic) bond motifs is 2. The number of halogens is 1. The zero-order valence-corrected chi connectivity index (χ0v) is 21.0. The number of aromatic nitrogens is 3. The molecule has 182 valence electrons. The van der Waals surface area contributed by atoms with E-state index in [9.17, 15) is 9.59 Å². The molecule has 3 aromatic carbocycles. The molecule has 0 bridgehead atoms. The first-order chi connectivity index (χ1) is 18.0. The van der Waals surface area contributed by atoms with E-state index in [0.29, 0.717) is 50.4 Å². The lowest BCUT2D eigenvalue weighted by atomic mass is 10.1. The van der Waals surface area contributed by atoms with Crippen LogP contribution in [0.4, 0.5) is 5.69 Å². The van der Waals surface area contributed by atoms with E-state index in [1.165, 1.54) is 4.52 Å². The number of amides is 1. The molecule has 0 radical (unpaired) electrons. The predicted molar refractivity (Wildman–Crippen MR) is 145 cm³/mol. The standard InChI is InChI=1S/C28H19ClN4O3S/c1-2-15-36-19-13-11-17(12-14-19)25-30-28-33(31-25)27(35)24(37-28)23-20-8-4-6-10-22(20)32(26(23)34)16-18-7-3-5-9-21(18)29/h2-14H,1,15-16H2. The molecule has 7 nitrogen and oxygen atoms in total. The van der Waals surface area contributed by atoms with Crippen molar-refractivity contribution in [3.63, 3.8) is 0 Å². The summed E-state index contributed by atoms with van der Waals surface area (Å²) in [6.07, 6.45) is 1.67. The molecule has 0 fully saturated rings. The highest BCUT2D eigenvalue weighted by atomic mass is 35.5. The molecule has 5 aromatic rings. The number of para-hydroxylation sites is 1. The van der Waals surface area contributed by atoms with Crippen molar-refractivity contribution >= 4 is 45.1 Å². The molecule has 9 heteroatoms. The molecule has 0 N–H and O–H groups in total. The van der Waals surface area contributed by atoms with Crippen LogP contribution in [-0.2, 0) is 11.3 Å². The highest BCUT2D eigenvalue weighted by molar-refractivity contribution is 7.15. The first-order valence-corrected chi connectivity index (χ1v) is 12.7. The minimum Gasteiger partial charge on any atom is -0.490 e. The van der Waals surface area contributed by atoms with E-state index >= 15 is 0 Å². The Morgan fingerprint density at radius 3 is 2.51 bits per heavy atom. The number of nitrogens with zero attached hydrogens (tertiary/aromatic N) is 4. The van der Waals surface area contributed by atoms with Gasteiger partial charge in [0.25, 0.3) is 11.5 Å². The van der Waals surface area contributed by atoms with Crippen molar-refractivity contribution in [3.05, 3.63) is 116 Å². The van der Waals surface area contributed by atoms with Crippen LogP contribution in [-0.4, -0.2) is 27.1 Å². The molecule has 1 amide bonds. The van der Waals surface area contributed by atoms with Gasteiger partial charge in [-0.2, -0.15) is 9.50 Å². The average Bonchev–Trinajstić information content (AvgIpc) is 3.55. The maximum absolute atomic E-state index is 13.7. The Balaban J connectivity index is 1.42. The lowest BCUT2D eigenvalue weighted by Crippen LogP contribution is -2.32. The molecule has 3 heterocycles. The Labute approximate surface area is 220 Å². The lowest BCUT2D eigenvalue weighted by Gasteiger charge is -2.17. The number of ether oxygens (including phenoxy) is 1. The van der Waals surface area contributed by atoms with E-state index in [2.05, 4.69) is 16.7 Å². The van der Waals surface area contributed by atoms with Gasteiger partial charge in [-0.3, -0.25) is 9.59 Å². The summed E-state index contributed by atoms with van der Waals surface area (Å²) < 4.78 is 7.09. The molecular formula is C28H19ClN4O3S. The molecule has 0 aliphatic carbocycles. The molecule has 0 saturated heterocycles. The van der Waals surface area contributed by atoms with Gasteiger partial charge in [-0.15, -0.1) is 5.10 Å². The predicted octanol–water partition coefficient (Wildman–Crippen LogP) is 4.50. The molecule has 0 saturated carbocycles. The summed E-state index contributed by atoms with van der Waals surface area (Å²) in [6, 6.07) is 22.2. The number of thiazole rings is 1. The van der Waals surface area contributed by atoms with Gasteiger partial charge >= 0.3 is 0 Å². The zero-order valence-electron chi connectivity index (χ0n) is 19.4. The molecule has 0 unspecified atom stereocenters. The Morgan fingerprint density at radius 1 is 1.00 bits per heavy atom. The fraction of sp³-hybridized carbons (Fsp3) is 0.0714. The summed E-state index contributed by atoms with van der Waals surface area (Å²) in [5.41, 5.74) is 3.00. The molecule has 1 aliphatic heterocycles. The Hall–Kier alpha value is -4.27. The molecule has 37 heavy (non-hydrogen) atoms. The maximum Gasteiger partial charge on any atom is 0.291 e. The molecule has 6 rings (SSSR count). The monoisotopic (exact) mass is 526 g/mol. The van der Waals surface area contributed by atoms with Crippen LogP contribution in [0.1, 0.15) is 11.1 Å². The van der Waals surface area contributed by atoms with Crippen LogP contribution in [0.3, 0.4) is 0 Å². The highest BCUT2D eigenvalue weighted by Gasteiger charge is 2.34. The van der Waals surface area contributed by atoms with Gasteiger partial charge in [0.05, 0.1) is 17.8 Å². The van der Waals surface area contributed by atoms with Crippen molar-refractivity contribution in [1.29, 1.82) is 0 Å². The topological polar surface area (TPSA) is 76.8 Å². The minimum atomic E-state index is -0.373. The van der Waals surface area contributed by atoms with E-state index in [-0.39, 0.29) is 11.5 Å². The average molecular weight is 527 g/mol. The zero-order chi connectivity index (χ0) is 25.5. The summed E-state index contributed by atoms with van der Waals surface area (Å²) in [5.74, 6) is 0.874. The number of anilines is 1. The fourth-order valence-corrected chi connectivity index (χ4v) is 5.51. The van der Waals surface area contributed by atoms with Crippen molar-refractivity contribution in [1.82, 2.24) is 14.6 Å². The van der Waals surface area contributed by atoms with E-state index in [0.717, 1.165) is 28.2 Å². The van der Waals surface area contributed by atoms with Gasteiger partial charge in [0.2, 0.25) is 4.96 Å². The van der Waals surface area contributed by atoms with Crippen LogP contribution in [0.2, 0.25) is 5.02 Å². The van der Waals surface area contributed by atoms with Crippen molar-refractivity contribution < 1.29 is 9.53 Å². The van der Waals surface area contributed by atoms with Crippen LogP contribution in [0.25, 0.3) is 21.9 Å². The van der Waals surface area contributed by atoms with Crippen LogP contribution in [0.5, 0.6) is 5.75 Å². The van der Waals surface area contributed by atoms with Gasteiger partial charge in [0, 0.05) is 16.1 Å². The normalized spacial score (nSPS) is 14.3. The van der Waals surface area contributed by atoms with Crippen LogP contribution >= 0.6 is 22.9 Å². The molecular weight excluding hydrogens is 508 g/mol. The second-order valence-corrected chi connectivity index (χ2v) is 9.75. The Morgan fingerprint density at radius 2 is 1.76 bits per heavy atom.